The van der Waals surface area contributed by atoms with Gasteiger partial charge in [0.2, 0.25) is 5.91 Å². The Kier molecular flexibility index (Phi) is 4.37. The number of ether oxygens (including phenoxy) is 1. The summed E-state index contributed by atoms with van der Waals surface area (Å²) in [5.74, 6) is -1.19. The topological polar surface area (TPSA) is 75.6 Å². The molecule has 1 fully saturated rings. The second-order valence-corrected chi connectivity index (χ2v) is 6.19. The van der Waals surface area contributed by atoms with E-state index in [2.05, 4.69) is 5.32 Å². The maximum absolute atomic E-state index is 12.5. The first-order chi connectivity index (χ1) is 11.1. The number of carboxylic acids is 1. The first-order valence-corrected chi connectivity index (χ1v) is 7.92. The average molecular weight is 315 g/mol. The lowest BCUT2D eigenvalue weighted by Crippen LogP contribution is -2.40. The maximum Gasteiger partial charge on any atom is 0.307 e. The van der Waals surface area contributed by atoms with Crippen molar-refractivity contribution >= 4 is 11.9 Å². The number of hydrogen-bond donors (Lipinski definition) is 2. The van der Waals surface area contributed by atoms with Crippen LogP contribution in [0.25, 0.3) is 0 Å². The summed E-state index contributed by atoms with van der Waals surface area (Å²) in [5, 5.41) is 12.3. The monoisotopic (exact) mass is 315 g/mol. The number of carboxylic acid groups (broad SMARTS) is 1. The molecule has 5 nitrogen and oxygen atoms in total. The zero-order valence-corrected chi connectivity index (χ0v) is 13.1. The summed E-state index contributed by atoms with van der Waals surface area (Å²) >= 11 is 0. The Hall–Kier alpha value is -2.30. The molecule has 5 heteroatoms. The number of methoxy groups -OCH3 is 1. The molecule has 4 atom stereocenters. The van der Waals surface area contributed by atoms with E-state index in [-0.39, 0.29) is 17.7 Å². The van der Waals surface area contributed by atoms with E-state index in [0.717, 1.165) is 17.7 Å². The molecule has 2 aliphatic carbocycles. The fourth-order valence-corrected chi connectivity index (χ4v) is 3.86. The number of allylic oxidation sites excluding steroid dienone is 2. The smallest absolute Gasteiger partial charge is 0.307 e. The number of para-hydroxylation sites is 1. The number of amides is 1. The molecular weight excluding hydrogens is 294 g/mol. The van der Waals surface area contributed by atoms with Gasteiger partial charge in [0.05, 0.1) is 18.9 Å². The highest BCUT2D eigenvalue weighted by Gasteiger charge is 2.51. The van der Waals surface area contributed by atoms with E-state index in [1.807, 2.05) is 36.4 Å². The van der Waals surface area contributed by atoms with Crippen LogP contribution >= 0.6 is 0 Å². The van der Waals surface area contributed by atoms with Crippen molar-refractivity contribution in [3.05, 3.63) is 42.0 Å². The van der Waals surface area contributed by atoms with Crippen LogP contribution in [0, 0.1) is 23.7 Å². The molecule has 3 rings (SSSR count). The quantitative estimate of drug-likeness (QED) is 0.786. The minimum Gasteiger partial charge on any atom is -0.496 e. The first-order valence-electron chi connectivity index (χ1n) is 7.92. The number of rotatable bonds is 6. The van der Waals surface area contributed by atoms with E-state index < -0.39 is 17.8 Å². The molecule has 0 aromatic heterocycles. The molecule has 0 saturated heterocycles. The first kappa shape index (κ1) is 15.6. The Bertz CT molecular complexity index is 640. The fraction of sp³-hybridized carbons (Fsp3) is 0.444. The molecule has 2 N–H and O–H groups in total. The molecule has 0 spiro atoms. The fourth-order valence-electron chi connectivity index (χ4n) is 3.86. The predicted octanol–water partition coefficient (Wildman–Crippen LogP) is 1.88. The van der Waals surface area contributed by atoms with E-state index in [1.165, 1.54) is 0 Å². The Morgan fingerprint density at radius 3 is 2.61 bits per heavy atom. The van der Waals surface area contributed by atoms with E-state index >= 15 is 0 Å². The normalized spacial score (nSPS) is 27.9. The van der Waals surface area contributed by atoms with Gasteiger partial charge in [-0.25, -0.2) is 0 Å². The van der Waals surface area contributed by atoms with Gasteiger partial charge in [-0.3, -0.25) is 9.59 Å². The van der Waals surface area contributed by atoms with Gasteiger partial charge >= 0.3 is 5.97 Å². The Morgan fingerprint density at radius 1 is 1.22 bits per heavy atom. The molecule has 0 radical (unpaired) electrons. The van der Waals surface area contributed by atoms with Crippen LogP contribution < -0.4 is 10.1 Å². The molecule has 122 valence electrons. The number of carbonyl (C=O) groups excluding carboxylic acids is 1. The third-order valence-corrected chi connectivity index (χ3v) is 4.93. The molecule has 0 aliphatic heterocycles. The highest BCUT2D eigenvalue weighted by molar-refractivity contribution is 5.86. The van der Waals surface area contributed by atoms with Crippen LogP contribution in [0.2, 0.25) is 0 Å². The van der Waals surface area contributed by atoms with E-state index in [0.29, 0.717) is 13.0 Å². The molecule has 1 aromatic carbocycles. The van der Waals surface area contributed by atoms with Gasteiger partial charge < -0.3 is 15.2 Å². The third-order valence-electron chi connectivity index (χ3n) is 4.93. The van der Waals surface area contributed by atoms with Crippen LogP contribution in [0.5, 0.6) is 5.75 Å². The molecular formula is C18H21NO4. The van der Waals surface area contributed by atoms with Crippen molar-refractivity contribution in [1.29, 1.82) is 0 Å². The average Bonchev–Trinajstić information content (AvgIpc) is 3.16. The van der Waals surface area contributed by atoms with Crippen molar-refractivity contribution in [2.75, 3.05) is 13.7 Å². The standard InChI is InChI=1S/C18H21NO4/c1-23-14-5-3-2-4-11(14)8-9-19-17(20)15-12-6-7-13(10-12)16(15)18(21)22/h2-7,12-13,15-16H,8-10H2,1H3,(H,19,20)(H,21,22). The molecule has 0 heterocycles. The van der Waals surface area contributed by atoms with E-state index in [1.54, 1.807) is 7.11 Å². The molecule has 1 aromatic rings. The van der Waals surface area contributed by atoms with Gasteiger partial charge in [-0.15, -0.1) is 0 Å². The van der Waals surface area contributed by atoms with Crippen molar-refractivity contribution in [2.45, 2.75) is 12.8 Å². The summed E-state index contributed by atoms with van der Waals surface area (Å²) in [6, 6.07) is 7.68. The number of aliphatic carboxylic acids is 1. The number of fused-ring (bicyclic) bond motifs is 2. The van der Waals surface area contributed by atoms with Gasteiger partial charge in [-0.2, -0.15) is 0 Å². The molecule has 2 aliphatic rings. The van der Waals surface area contributed by atoms with Crippen LogP contribution in [-0.2, 0) is 16.0 Å². The van der Waals surface area contributed by atoms with Gasteiger partial charge in [0.1, 0.15) is 5.75 Å². The Balaban J connectivity index is 1.59. The largest absolute Gasteiger partial charge is 0.496 e. The summed E-state index contributed by atoms with van der Waals surface area (Å²) in [4.78, 5) is 23.9. The number of benzene rings is 1. The third kappa shape index (κ3) is 2.96. The SMILES string of the molecule is COc1ccccc1CCNC(=O)C1C2C=CC(C2)C1C(=O)O. The predicted molar refractivity (Wildman–Crippen MR) is 85.1 cm³/mol. The number of nitrogens with one attached hydrogen (secondary N) is 1. The maximum atomic E-state index is 12.5. The lowest BCUT2D eigenvalue weighted by atomic mass is 9.82. The summed E-state index contributed by atoms with van der Waals surface area (Å²) < 4.78 is 5.29. The zero-order chi connectivity index (χ0) is 16.4. The van der Waals surface area contributed by atoms with Crippen molar-refractivity contribution in [1.82, 2.24) is 5.32 Å². The summed E-state index contributed by atoms with van der Waals surface area (Å²) in [5.41, 5.74) is 1.03. The lowest BCUT2D eigenvalue weighted by Gasteiger charge is -2.23. The lowest BCUT2D eigenvalue weighted by molar-refractivity contribution is -0.147. The summed E-state index contributed by atoms with van der Waals surface area (Å²) in [6.45, 7) is 0.475. The Labute approximate surface area is 135 Å². The van der Waals surface area contributed by atoms with E-state index in [9.17, 15) is 14.7 Å². The van der Waals surface area contributed by atoms with Gasteiger partial charge in [0.25, 0.3) is 0 Å². The second-order valence-electron chi connectivity index (χ2n) is 6.19. The van der Waals surface area contributed by atoms with Gasteiger partial charge in [0.15, 0.2) is 0 Å². The van der Waals surface area contributed by atoms with Crippen LogP contribution in [0.1, 0.15) is 12.0 Å². The number of carbonyl (C=O) groups is 2. The van der Waals surface area contributed by atoms with Gasteiger partial charge in [-0.1, -0.05) is 30.4 Å². The van der Waals surface area contributed by atoms with E-state index in [4.69, 9.17) is 4.74 Å². The Morgan fingerprint density at radius 2 is 1.91 bits per heavy atom. The van der Waals surface area contributed by atoms with Crippen LogP contribution in [0.15, 0.2) is 36.4 Å². The van der Waals surface area contributed by atoms with Crippen LogP contribution in [0.3, 0.4) is 0 Å². The second kappa shape index (κ2) is 6.44. The molecule has 1 saturated carbocycles. The molecule has 4 unspecified atom stereocenters. The van der Waals surface area contributed by atoms with Crippen molar-refractivity contribution in [3.63, 3.8) is 0 Å². The van der Waals surface area contributed by atoms with Gasteiger partial charge in [0, 0.05) is 6.54 Å². The number of hydrogen-bond acceptors (Lipinski definition) is 3. The minimum absolute atomic E-state index is 0.00228. The zero-order valence-electron chi connectivity index (χ0n) is 13.1. The minimum atomic E-state index is -0.869. The summed E-state index contributed by atoms with van der Waals surface area (Å²) in [6.07, 6.45) is 5.38. The van der Waals surface area contributed by atoms with Crippen molar-refractivity contribution in [3.8, 4) is 5.75 Å². The molecule has 23 heavy (non-hydrogen) atoms. The van der Waals surface area contributed by atoms with Crippen molar-refractivity contribution < 1.29 is 19.4 Å². The molecule has 2 bridgehead atoms. The van der Waals surface area contributed by atoms with Crippen molar-refractivity contribution in [2.24, 2.45) is 23.7 Å². The van der Waals surface area contributed by atoms with Crippen LogP contribution in [-0.4, -0.2) is 30.6 Å². The van der Waals surface area contributed by atoms with Crippen LogP contribution in [0.4, 0.5) is 0 Å². The highest BCUT2D eigenvalue weighted by Crippen LogP contribution is 2.48. The molecule has 1 amide bonds. The highest BCUT2D eigenvalue weighted by atomic mass is 16.5. The van der Waals surface area contributed by atoms with Gasteiger partial charge in [-0.05, 0) is 36.3 Å². The summed E-state index contributed by atoms with van der Waals surface area (Å²) in [7, 11) is 1.62.